The highest BCUT2D eigenvalue weighted by atomic mass is 16.5. The van der Waals surface area contributed by atoms with Gasteiger partial charge in [0.05, 0.1) is 7.11 Å². The summed E-state index contributed by atoms with van der Waals surface area (Å²) < 4.78 is 4.64. The fourth-order valence-corrected chi connectivity index (χ4v) is 1.93. The summed E-state index contributed by atoms with van der Waals surface area (Å²) in [6.45, 7) is 0. The van der Waals surface area contributed by atoms with E-state index < -0.39 is 6.09 Å². The SMILES string of the molecule is COC(=O)N(C)c1ccc(NC(=O)C=Cc2ccccc2)cc1. The number of benzene rings is 2. The first-order chi connectivity index (χ1) is 11.1. The molecule has 0 heterocycles. The third kappa shape index (κ3) is 4.71. The van der Waals surface area contributed by atoms with Crippen LogP contribution < -0.4 is 10.2 Å². The zero-order valence-corrected chi connectivity index (χ0v) is 13.0. The van der Waals surface area contributed by atoms with Crippen molar-refractivity contribution in [3.63, 3.8) is 0 Å². The van der Waals surface area contributed by atoms with Gasteiger partial charge >= 0.3 is 6.09 Å². The van der Waals surface area contributed by atoms with Crippen LogP contribution in [-0.2, 0) is 9.53 Å². The van der Waals surface area contributed by atoms with Gasteiger partial charge in [0, 0.05) is 24.5 Å². The fraction of sp³-hybridized carbons (Fsp3) is 0.111. The predicted molar refractivity (Wildman–Crippen MR) is 91.4 cm³/mol. The Morgan fingerprint density at radius 3 is 2.30 bits per heavy atom. The van der Waals surface area contributed by atoms with E-state index in [0.29, 0.717) is 11.4 Å². The number of methoxy groups -OCH3 is 1. The molecule has 2 aromatic rings. The molecule has 0 atom stereocenters. The van der Waals surface area contributed by atoms with Gasteiger partial charge in [-0.25, -0.2) is 4.79 Å². The lowest BCUT2D eigenvalue weighted by molar-refractivity contribution is -0.111. The van der Waals surface area contributed by atoms with Gasteiger partial charge in [0.15, 0.2) is 0 Å². The Morgan fingerprint density at radius 2 is 1.70 bits per heavy atom. The molecule has 0 aliphatic carbocycles. The summed E-state index contributed by atoms with van der Waals surface area (Å²) in [4.78, 5) is 24.7. The molecule has 0 spiro atoms. The lowest BCUT2D eigenvalue weighted by atomic mass is 10.2. The maximum Gasteiger partial charge on any atom is 0.413 e. The van der Waals surface area contributed by atoms with E-state index >= 15 is 0 Å². The van der Waals surface area contributed by atoms with Crippen LogP contribution in [0.25, 0.3) is 6.08 Å². The van der Waals surface area contributed by atoms with E-state index in [1.807, 2.05) is 30.3 Å². The van der Waals surface area contributed by atoms with Crippen molar-refractivity contribution in [2.45, 2.75) is 0 Å². The number of carbonyl (C=O) groups is 2. The second kappa shape index (κ2) is 7.79. The highest BCUT2D eigenvalue weighted by molar-refractivity contribution is 6.02. The molecule has 0 bridgehead atoms. The summed E-state index contributed by atoms with van der Waals surface area (Å²) in [5.74, 6) is -0.220. The standard InChI is InChI=1S/C18H18N2O3/c1-20(18(22)23-2)16-11-9-15(10-12-16)19-17(21)13-8-14-6-4-3-5-7-14/h3-13H,1-2H3,(H,19,21). The van der Waals surface area contributed by atoms with E-state index in [1.165, 1.54) is 18.1 Å². The molecule has 0 fully saturated rings. The van der Waals surface area contributed by atoms with Gasteiger partial charge in [-0.15, -0.1) is 0 Å². The second-order valence-corrected chi connectivity index (χ2v) is 4.81. The molecule has 0 saturated carbocycles. The number of nitrogens with one attached hydrogen (secondary N) is 1. The average Bonchev–Trinajstić information content (AvgIpc) is 2.60. The minimum absolute atomic E-state index is 0.220. The first-order valence-corrected chi connectivity index (χ1v) is 7.06. The van der Waals surface area contributed by atoms with E-state index in [4.69, 9.17) is 0 Å². The highest BCUT2D eigenvalue weighted by Gasteiger charge is 2.10. The van der Waals surface area contributed by atoms with E-state index in [9.17, 15) is 9.59 Å². The summed E-state index contributed by atoms with van der Waals surface area (Å²) in [5, 5.41) is 2.76. The van der Waals surface area contributed by atoms with Crippen molar-refractivity contribution in [2.24, 2.45) is 0 Å². The van der Waals surface area contributed by atoms with E-state index in [-0.39, 0.29) is 5.91 Å². The molecule has 0 aliphatic rings. The largest absolute Gasteiger partial charge is 0.452 e. The lowest BCUT2D eigenvalue weighted by Gasteiger charge is -2.15. The number of carbonyl (C=O) groups excluding carboxylic acids is 2. The first kappa shape index (κ1) is 16.3. The molecule has 2 aromatic carbocycles. The number of hydrogen-bond donors (Lipinski definition) is 1. The molecule has 1 N–H and O–H groups in total. The average molecular weight is 310 g/mol. The molecule has 5 heteroatoms. The summed E-state index contributed by atoms with van der Waals surface area (Å²) >= 11 is 0. The van der Waals surface area contributed by atoms with Crippen LogP contribution in [0.1, 0.15) is 5.56 Å². The van der Waals surface area contributed by atoms with Crippen molar-refractivity contribution in [3.8, 4) is 0 Å². The van der Waals surface area contributed by atoms with Crippen LogP contribution in [0.15, 0.2) is 60.7 Å². The molecule has 2 rings (SSSR count). The lowest BCUT2D eigenvalue weighted by Crippen LogP contribution is -2.25. The zero-order chi connectivity index (χ0) is 16.7. The van der Waals surface area contributed by atoms with Gasteiger partial charge in [0.1, 0.15) is 0 Å². The maximum absolute atomic E-state index is 11.9. The number of rotatable bonds is 4. The van der Waals surface area contributed by atoms with Crippen LogP contribution in [-0.4, -0.2) is 26.2 Å². The molecule has 0 aliphatic heterocycles. The zero-order valence-electron chi connectivity index (χ0n) is 13.0. The van der Waals surface area contributed by atoms with Crippen LogP contribution in [0.2, 0.25) is 0 Å². The normalized spacial score (nSPS) is 10.3. The molecule has 2 amide bonds. The Morgan fingerprint density at radius 1 is 1.04 bits per heavy atom. The number of hydrogen-bond acceptors (Lipinski definition) is 3. The van der Waals surface area contributed by atoms with Gasteiger partial charge < -0.3 is 10.1 Å². The monoisotopic (exact) mass is 310 g/mol. The summed E-state index contributed by atoms with van der Waals surface area (Å²) in [6, 6.07) is 16.5. The van der Waals surface area contributed by atoms with Gasteiger partial charge in [-0.05, 0) is 35.9 Å². The van der Waals surface area contributed by atoms with Crippen LogP contribution >= 0.6 is 0 Å². The maximum atomic E-state index is 11.9. The summed E-state index contributed by atoms with van der Waals surface area (Å²) in [6.07, 6.45) is 2.77. The van der Waals surface area contributed by atoms with E-state index in [1.54, 1.807) is 37.4 Å². The molecular formula is C18H18N2O3. The summed E-state index contributed by atoms with van der Waals surface area (Å²) in [7, 11) is 2.94. The van der Waals surface area contributed by atoms with Gasteiger partial charge in [0.2, 0.25) is 5.91 Å². The van der Waals surface area contributed by atoms with Crippen molar-refractivity contribution in [1.82, 2.24) is 0 Å². The number of anilines is 2. The highest BCUT2D eigenvalue weighted by Crippen LogP contribution is 2.17. The van der Waals surface area contributed by atoms with Crippen molar-refractivity contribution in [1.29, 1.82) is 0 Å². The van der Waals surface area contributed by atoms with Crippen molar-refractivity contribution < 1.29 is 14.3 Å². The summed E-state index contributed by atoms with van der Waals surface area (Å²) in [5.41, 5.74) is 2.28. The van der Waals surface area contributed by atoms with E-state index in [0.717, 1.165) is 5.56 Å². The second-order valence-electron chi connectivity index (χ2n) is 4.81. The molecule has 0 radical (unpaired) electrons. The van der Waals surface area contributed by atoms with Gasteiger partial charge in [0.25, 0.3) is 0 Å². The molecule has 0 aromatic heterocycles. The molecule has 23 heavy (non-hydrogen) atoms. The van der Waals surface area contributed by atoms with Crippen molar-refractivity contribution in [3.05, 3.63) is 66.2 Å². The topological polar surface area (TPSA) is 58.6 Å². The predicted octanol–water partition coefficient (Wildman–Crippen LogP) is 3.54. The number of amides is 2. The molecule has 118 valence electrons. The Bertz CT molecular complexity index is 694. The smallest absolute Gasteiger partial charge is 0.413 e. The number of ether oxygens (including phenoxy) is 1. The Labute approximate surface area is 135 Å². The quantitative estimate of drug-likeness (QED) is 0.879. The van der Waals surface area contributed by atoms with Crippen LogP contribution in [0.5, 0.6) is 0 Å². The Hall–Kier alpha value is -3.08. The Balaban J connectivity index is 1.97. The molecular weight excluding hydrogens is 292 g/mol. The third-order valence-corrected chi connectivity index (χ3v) is 3.20. The van der Waals surface area contributed by atoms with Gasteiger partial charge in [-0.1, -0.05) is 30.3 Å². The van der Waals surface area contributed by atoms with Crippen LogP contribution in [0.3, 0.4) is 0 Å². The third-order valence-electron chi connectivity index (χ3n) is 3.20. The fourth-order valence-electron chi connectivity index (χ4n) is 1.93. The molecule has 0 unspecified atom stereocenters. The Kier molecular flexibility index (Phi) is 5.52. The minimum Gasteiger partial charge on any atom is -0.452 e. The molecule has 0 saturated heterocycles. The van der Waals surface area contributed by atoms with Gasteiger partial charge in [-0.2, -0.15) is 0 Å². The van der Waals surface area contributed by atoms with E-state index in [2.05, 4.69) is 10.1 Å². The van der Waals surface area contributed by atoms with Crippen molar-refractivity contribution >= 4 is 29.5 Å². The minimum atomic E-state index is -0.451. The van der Waals surface area contributed by atoms with Gasteiger partial charge in [-0.3, -0.25) is 9.69 Å². The number of nitrogens with zero attached hydrogens (tertiary/aromatic N) is 1. The van der Waals surface area contributed by atoms with Crippen LogP contribution in [0.4, 0.5) is 16.2 Å². The van der Waals surface area contributed by atoms with Crippen molar-refractivity contribution in [2.75, 3.05) is 24.4 Å². The van der Waals surface area contributed by atoms with Crippen LogP contribution in [0, 0.1) is 0 Å². The first-order valence-electron chi connectivity index (χ1n) is 7.06. The molecule has 5 nitrogen and oxygen atoms in total.